The molecule has 0 spiro atoms. The zero-order valence-corrected chi connectivity index (χ0v) is 7.41. The van der Waals surface area contributed by atoms with Crippen molar-refractivity contribution in [2.24, 2.45) is 0 Å². The highest BCUT2D eigenvalue weighted by molar-refractivity contribution is 5.18. The van der Waals surface area contributed by atoms with Crippen molar-refractivity contribution in [2.75, 3.05) is 13.1 Å². The van der Waals surface area contributed by atoms with E-state index in [0.717, 1.165) is 30.3 Å². The van der Waals surface area contributed by atoms with Gasteiger partial charge in [-0.2, -0.15) is 0 Å². The zero-order valence-electron chi connectivity index (χ0n) is 7.41. The molecule has 0 bridgehead atoms. The molecule has 1 fully saturated rings. The third-order valence-corrected chi connectivity index (χ3v) is 2.06. The Morgan fingerprint density at radius 2 is 1.83 bits per heavy atom. The molecule has 0 saturated carbocycles. The van der Waals surface area contributed by atoms with Crippen LogP contribution in [0.2, 0.25) is 0 Å². The molecule has 2 heterocycles. The van der Waals surface area contributed by atoms with Crippen LogP contribution in [-0.4, -0.2) is 23.1 Å². The molecule has 1 saturated heterocycles. The van der Waals surface area contributed by atoms with Gasteiger partial charge in [0, 0.05) is 11.4 Å². The topological polar surface area (TPSA) is 39.9 Å². The van der Waals surface area contributed by atoms with Crippen LogP contribution < -0.4 is 0 Å². The maximum Gasteiger partial charge on any atom is 0.128 e. The number of rotatable bonds is 1. The normalized spacial score (nSPS) is 17.5. The minimum Gasteiger partial charge on any atom is -0.661 e. The second-order valence-corrected chi connectivity index (χ2v) is 3.29. The summed E-state index contributed by atoms with van der Waals surface area (Å²) in [5.74, 6) is 1.46. The van der Waals surface area contributed by atoms with Crippen LogP contribution >= 0.6 is 0 Å². The van der Waals surface area contributed by atoms with Crippen molar-refractivity contribution in [1.82, 2.24) is 9.97 Å². The van der Waals surface area contributed by atoms with Gasteiger partial charge in [-0.25, -0.2) is 9.97 Å². The Morgan fingerprint density at radius 3 is 2.25 bits per heavy atom. The predicted molar refractivity (Wildman–Crippen MR) is 47.3 cm³/mol. The molecule has 64 valence electrons. The van der Waals surface area contributed by atoms with Crippen LogP contribution in [0.3, 0.4) is 0 Å². The van der Waals surface area contributed by atoms with E-state index in [1.165, 1.54) is 0 Å². The minimum absolute atomic E-state index is 0.489. The smallest absolute Gasteiger partial charge is 0.128 e. The highest BCUT2D eigenvalue weighted by Crippen LogP contribution is 2.25. The Balaban J connectivity index is 2.30. The van der Waals surface area contributed by atoms with E-state index in [1.807, 2.05) is 19.9 Å². The third kappa shape index (κ3) is 1.32. The van der Waals surface area contributed by atoms with Crippen LogP contribution in [0, 0.1) is 13.8 Å². The van der Waals surface area contributed by atoms with Gasteiger partial charge in [0.15, 0.2) is 0 Å². The molecule has 0 aromatic carbocycles. The molecular weight excluding hydrogens is 150 g/mol. The van der Waals surface area contributed by atoms with Gasteiger partial charge in [0.2, 0.25) is 0 Å². The van der Waals surface area contributed by atoms with Crippen molar-refractivity contribution in [3.8, 4) is 0 Å². The summed E-state index contributed by atoms with van der Waals surface area (Å²) in [6.45, 7) is 5.83. The molecule has 0 N–H and O–H groups in total. The molecule has 3 nitrogen and oxygen atoms in total. The number of aromatic nitrogens is 2. The lowest BCUT2D eigenvalue weighted by Gasteiger charge is -2.40. The van der Waals surface area contributed by atoms with Crippen molar-refractivity contribution in [1.29, 1.82) is 0 Å². The summed E-state index contributed by atoms with van der Waals surface area (Å²) >= 11 is 0. The van der Waals surface area contributed by atoms with Gasteiger partial charge in [0.25, 0.3) is 0 Å². The summed E-state index contributed by atoms with van der Waals surface area (Å²) in [6, 6.07) is 2.00. The zero-order chi connectivity index (χ0) is 8.55. The summed E-state index contributed by atoms with van der Waals surface area (Å²) < 4.78 is 0. The molecule has 0 radical (unpaired) electrons. The maximum atomic E-state index is 4.38. The molecule has 0 atom stereocenters. The fraction of sp³-hybridized carbons (Fsp3) is 0.556. The average molecular weight is 162 g/mol. The molecule has 3 heteroatoms. The molecule has 0 amide bonds. The third-order valence-electron chi connectivity index (χ3n) is 2.06. The van der Waals surface area contributed by atoms with Gasteiger partial charge < -0.3 is 5.32 Å². The van der Waals surface area contributed by atoms with Crippen molar-refractivity contribution in [3.05, 3.63) is 28.6 Å². The van der Waals surface area contributed by atoms with E-state index in [9.17, 15) is 0 Å². The SMILES string of the molecule is Cc1cc(C)nc(C2C[N-]C2)n1. The first-order valence-electron chi connectivity index (χ1n) is 4.21. The number of aryl methyl sites for hydroxylation is 2. The predicted octanol–water partition coefficient (Wildman–Crippen LogP) is 1.56. The molecule has 1 aliphatic heterocycles. The minimum atomic E-state index is 0.489. The Hall–Kier alpha value is -0.960. The molecule has 12 heavy (non-hydrogen) atoms. The van der Waals surface area contributed by atoms with Gasteiger partial charge >= 0.3 is 0 Å². The van der Waals surface area contributed by atoms with E-state index in [1.54, 1.807) is 0 Å². The molecular formula is C9H12N3-. The van der Waals surface area contributed by atoms with Gasteiger partial charge in [-0.1, -0.05) is 0 Å². The fourth-order valence-corrected chi connectivity index (χ4v) is 1.36. The van der Waals surface area contributed by atoms with Crippen molar-refractivity contribution in [2.45, 2.75) is 19.8 Å². The van der Waals surface area contributed by atoms with Gasteiger partial charge in [-0.15, -0.1) is 13.1 Å². The van der Waals surface area contributed by atoms with Gasteiger partial charge in [0.1, 0.15) is 5.82 Å². The van der Waals surface area contributed by atoms with Crippen molar-refractivity contribution >= 4 is 0 Å². The van der Waals surface area contributed by atoms with E-state index >= 15 is 0 Å². The summed E-state index contributed by atoms with van der Waals surface area (Å²) in [6.07, 6.45) is 0. The first-order chi connectivity index (χ1) is 5.75. The second kappa shape index (κ2) is 2.83. The Labute approximate surface area is 72.2 Å². The standard InChI is InChI=1S/C9H12N3/c1-6-3-7(2)12-9(11-6)8-4-10-5-8/h3,8H,4-5H2,1-2H3/q-1. The first-order valence-corrected chi connectivity index (χ1v) is 4.21. The molecule has 2 rings (SSSR count). The molecule has 1 aliphatic rings. The molecule has 1 aromatic heterocycles. The lowest BCUT2D eigenvalue weighted by Crippen LogP contribution is -2.22. The maximum absolute atomic E-state index is 4.38. The molecule has 1 aromatic rings. The van der Waals surface area contributed by atoms with Gasteiger partial charge in [-0.05, 0) is 25.8 Å². The number of hydrogen-bond acceptors (Lipinski definition) is 2. The van der Waals surface area contributed by atoms with Crippen LogP contribution in [-0.2, 0) is 0 Å². The Kier molecular flexibility index (Phi) is 1.81. The Morgan fingerprint density at radius 1 is 1.25 bits per heavy atom. The summed E-state index contributed by atoms with van der Waals surface area (Å²) in [4.78, 5) is 8.77. The van der Waals surface area contributed by atoms with E-state index in [4.69, 9.17) is 0 Å². The van der Waals surface area contributed by atoms with Crippen LogP contribution in [0.1, 0.15) is 23.1 Å². The van der Waals surface area contributed by atoms with Gasteiger partial charge in [0.05, 0.1) is 0 Å². The van der Waals surface area contributed by atoms with E-state index in [2.05, 4.69) is 15.3 Å². The number of nitrogens with zero attached hydrogens (tertiary/aromatic N) is 3. The van der Waals surface area contributed by atoms with Crippen molar-refractivity contribution < 1.29 is 0 Å². The summed E-state index contributed by atoms with van der Waals surface area (Å²) in [7, 11) is 0. The van der Waals surface area contributed by atoms with E-state index < -0.39 is 0 Å². The molecule has 0 unspecified atom stereocenters. The highest BCUT2D eigenvalue weighted by Gasteiger charge is 2.12. The average Bonchev–Trinajstić information content (AvgIpc) is 1.79. The van der Waals surface area contributed by atoms with Crippen LogP contribution in [0.5, 0.6) is 0 Å². The summed E-state index contributed by atoms with van der Waals surface area (Å²) in [5.41, 5.74) is 2.12. The van der Waals surface area contributed by atoms with Crippen LogP contribution in [0.4, 0.5) is 0 Å². The second-order valence-electron chi connectivity index (χ2n) is 3.29. The fourth-order valence-electron chi connectivity index (χ4n) is 1.36. The Bertz CT molecular complexity index is 272. The van der Waals surface area contributed by atoms with Gasteiger partial charge in [-0.3, -0.25) is 0 Å². The van der Waals surface area contributed by atoms with Crippen LogP contribution in [0.25, 0.3) is 5.32 Å². The lowest BCUT2D eigenvalue weighted by atomic mass is 10.0. The summed E-state index contributed by atoms with van der Waals surface area (Å²) in [5, 5.41) is 4.15. The largest absolute Gasteiger partial charge is 0.661 e. The quantitative estimate of drug-likeness (QED) is 0.628. The van der Waals surface area contributed by atoms with E-state index in [0.29, 0.717) is 5.92 Å². The first kappa shape index (κ1) is 7.68. The highest BCUT2D eigenvalue weighted by atomic mass is 15.0. The number of hydrogen-bond donors (Lipinski definition) is 0. The van der Waals surface area contributed by atoms with E-state index in [-0.39, 0.29) is 0 Å². The lowest BCUT2D eigenvalue weighted by molar-refractivity contribution is 0.615. The molecule has 0 aliphatic carbocycles. The van der Waals surface area contributed by atoms with Crippen LogP contribution in [0.15, 0.2) is 6.07 Å². The monoisotopic (exact) mass is 162 g/mol. The van der Waals surface area contributed by atoms with Crippen molar-refractivity contribution in [3.63, 3.8) is 0 Å².